The molecule has 2 aliphatic rings. The number of fused-ring (bicyclic) bond motifs is 1. The lowest BCUT2D eigenvalue weighted by Gasteiger charge is -2.32. The Kier molecular flexibility index (Phi) is 4.02. The molecule has 124 valence electrons. The second-order valence-electron chi connectivity index (χ2n) is 6.63. The Morgan fingerprint density at radius 3 is 2.75 bits per heavy atom. The highest BCUT2D eigenvalue weighted by molar-refractivity contribution is 5.92. The zero-order valence-electron chi connectivity index (χ0n) is 13.8. The van der Waals surface area contributed by atoms with Gasteiger partial charge in [0, 0.05) is 31.0 Å². The molecule has 1 amide bonds. The van der Waals surface area contributed by atoms with Crippen LogP contribution >= 0.6 is 0 Å². The van der Waals surface area contributed by atoms with Gasteiger partial charge < -0.3 is 9.64 Å². The first-order valence-corrected chi connectivity index (χ1v) is 8.48. The molecule has 2 aromatic rings. The van der Waals surface area contributed by atoms with E-state index in [0.29, 0.717) is 30.7 Å². The van der Waals surface area contributed by atoms with Crippen molar-refractivity contribution in [1.82, 2.24) is 15.1 Å². The first kappa shape index (κ1) is 15.3. The number of hydrogen-bond acceptors (Lipinski definition) is 4. The van der Waals surface area contributed by atoms with E-state index in [1.54, 1.807) is 6.07 Å². The van der Waals surface area contributed by atoms with Crippen LogP contribution < -0.4 is 0 Å². The normalized spacial score (nSPS) is 26.2. The number of nitrogens with zero attached hydrogens (tertiary/aromatic N) is 3. The van der Waals surface area contributed by atoms with Gasteiger partial charge in [0.1, 0.15) is 0 Å². The molecule has 0 unspecified atom stereocenters. The summed E-state index contributed by atoms with van der Waals surface area (Å²) in [7, 11) is 0. The minimum Gasteiger partial charge on any atom is -0.381 e. The molecule has 0 aliphatic carbocycles. The van der Waals surface area contributed by atoms with Crippen LogP contribution in [0.1, 0.15) is 34.1 Å². The summed E-state index contributed by atoms with van der Waals surface area (Å²) < 4.78 is 5.72. The number of aromatic nitrogens is 2. The number of ether oxygens (including phenoxy) is 1. The average Bonchev–Trinajstić information content (AvgIpc) is 3.02. The number of carbonyl (C=O) groups excluding carboxylic acids is 1. The fourth-order valence-electron chi connectivity index (χ4n) is 3.95. The molecule has 0 radical (unpaired) electrons. The minimum absolute atomic E-state index is 0.0159. The van der Waals surface area contributed by atoms with E-state index < -0.39 is 0 Å². The first-order chi connectivity index (χ1) is 11.7. The number of rotatable bonds is 2. The van der Waals surface area contributed by atoms with Gasteiger partial charge in [0.05, 0.1) is 12.3 Å². The SMILES string of the molecule is Cc1ccc(C(=O)N2C[C@H](c3ccccc3)[C@@H]3COCC[C@@H]32)nn1. The lowest BCUT2D eigenvalue weighted by molar-refractivity contribution is 0.0186. The maximum absolute atomic E-state index is 13.0. The van der Waals surface area contributed by atoms with Gasteiger partial charge in [-0.2, -0.15) is 5.10 Å². The average molecular weight is 323 g/mol. The summed E-state index contributed by atoms with van der Waals surface area (Å²) in [4.78, 5) is 15.0. The third-order valence-electron chi connectivity index (χ3n) is 5.18. The van der Waals surface area contributed by atoms with Gasteiger partial charge in [-0.25, -0.2) is 0 Å². The number of likely N-dealkylation sites (tertiary alicyclic amines) is 1. The molecule has 2 fully saturated rings. The van der Waals surface area contributed by atoms with Crippen molar-refractivity contribution in [2.75, 3.05) is 19.8 Å². The van der Waals surface area contributed by atoms with E-state index >= 15 is 0 Å². The van der Waals surface area contributed by atoms with Crippen molar-refractivity contribution in [2.45, 2.75) is 25.3 Å². The van der Waals surface area contributed by atoms with Crippen LogP contribution in [-0.2, 0) is 4.74 Å². The Balaban J connectivity index is 1.63. The van der Waals surface area contributed by atoms with E-state index in [-0.39, 0.29) is 11.9 Å². The molecule has 1 aromatic carbocycles. The van der Waals surface area contributed by atoms with Gasteiger partial charge in [0.2, 0.25) is 0 Å². The molecule has 0 spiro atoms. The largest absolute Gasteiger partial charge is 0.381 e. The Morgan fingerprint density at radius 1 is 1.17 bits per heavy atom. The molecule has 3 atom stereocenters. The van der Waals surface area contributed by atoms with Crippen molar-refractivity contribution in [3.63, 3.8) is 0 Å². The van der Waals surface area contributed by atoms with Crippen LogP contribution in [0.3, 0.4) is 0 Å². The lowest BCUT2D eigenvalue weighted by Crippen LogP contribution is -2.42. The highest BCUT2D eigenvalue weighted by Gasteiger charge is 2.46. The predicted octanol–water partition coefficient (Wildman–Crippen LogP) is 2.43. The van der Waals surface area contributed by atoms with Gasteiger partial charge in [-0.05, 0) is 31.0 Å². The van der Waals surface area contributed by atoms with Gasteiger partial charge in [0.25, 0.3) is 5.91 Å². The fraction of sp³-hybridized carbons (Fsp3) is 0.421. The summed E-state index contributed by atoms with van der Waals surface area (Å²) in [6, 6.07) is 14.3. The van der Waals surface area contributed by atoms with Gasteiger partial charge in [-0.15, -0.1) is 5.10 Å². The van der Waals surface area contributed by atoms with Crippen molar-refractivity contribution < 1.29 is 9.53 Å². The number of benzene rings is 1. The van der Waals surface area contributed by atoms with Crippen LogP contribution in [0.4, 0.5) is 0 Å². The first-order valence-electron chi connectivity index (χ1n) is 8.48. The smallest absolute Gasteiger partial charge is 0.274 e. The number of amides is 1. The van der Waals surface area contributed by atoms with E-state index in [1.165, 1.54) is 5.56 Å². The van der Waals surface area contributed by atoms with Gasteiger partial charge in [0.15, 0.2) is 5.69 Å². The Morgan fingerprint density at radius 2 is 2.00 bits per heavy atom. The summed E-state index contributed by atoms with van der Waals surface area (Å²) in [5.74, 6) is 0.653. The Labute approximate surface area is 141 Å². The highest BCUT2D eigenvalue weighted by atomic mass is 16.5. The van der Waals surface area contributed by atoms with Crippen LogP contribution in [0, 0.1) is 12.8 Å². The molecule has 0 N–H and O–H groups in total. The zero-order chi connectivity index (χ0) is 16.5. The van der Waals surface area contributed by atoms with E-state index in [2.05, 4.69) is 34.5 Å². The van der Waals surface area contributed by atoms with E-state index in [0.717, 1.165) is 18.7 Å². The summed E-state index contributed by atoms with van der Waals surface area (Å²) >= 11 is 0. The van der Waals surface area contributed by atoms with Crippen LogP contribution in [0.15, 0.2) is 42.5 Å². The molecule has 2 aliphatic heterocycles. The highest BCUT2D eigenvalue weighted by Crippen LogP contribution is 2.41. The molecular formula is C19H21N3O2. The topological polar surface area (TPSA) is 55.3 Å². The molecule has 4 rings (SSSR count). The summed E-state index contributed by atoms with van der Waals surface area (Å²) in [6.45, 7) is 4.02. The molecule has 0 saturated carbocycles. The molecule has 5 heteroatoms. The Bertz CT molecular complexity index is 717. The zero-order valence-corrected chi connectivity index (χ0v) is 13.8. The summed E-state index contributed by atoms with van der Waals surface area (Å²) in [6.07, 6.45) is 0.888. The second-order valence-corrected chi connectivity index (χ2v) is 6.63. The predicted molar refractivity (Wildman–Crippen MR) is 89.7 cm³/mol. The van der Waals surface area contributed by atoms with Gasteiger partial charge in [-0.3, -0.25) is 4.79 Å². The van der Waals surface area contributed by atoms with E-state index in [1.807, 2.05) is 24.0 Å². The van der Waals surface area contributed by atoms with E-state index in [4.69, 9.17) is 4.74 Å². The maximum atomic E-state index is 13.0. The van der Waals surface area contributed by atoms with Gasteiger partial charge >= 0.3 is 0 Å². The number of hydrogen-bond donors (Lipinski definition) is 0. The van der Waals surface area contributed by atoms with Crippen molar-refractivity contribution in [3.05, 3.63) is 59.4 Å². The molecular weight excluding hydrogens is 302 g/mol. The third kappa shape index (κ3) is 2.69. The molecule has 5 nitrogen and oxygen atoms in total. The lowest BCUT2D eigenvalue weighted by atomic mass is 9.84. The second kappa shape index (κ2) is 6.32. The molecule has 1 aromatic heterocycles. The Hall–Kier alpha value is -2.27. The standard InChI is InChI=1S/C19H21N3O2/c1-13-7-8-17(21-20-13)19(23)22-11-15(14-5-3-2-4-6-14)16-12-24-10-9-18(16)22/h2-8,15-16,18H,9-12H2,1H3/t15-,16+,18+/m1/s1. The molecule has 2 saturated heterocycles. The van der Waals surface area contributed by atoms with Crippen LogP contribution in [-0.4, -0.2) is 46.8 Å². The number of carbonyl (C=O) groups is 1. The molecule has 24 heavy (non-hydrogen) atoms. The quantitative estimate of drug-likeness (QED) is 0.852. The van der Waals surface area contributed by atoms with Crippen LogP contribution in [0.25, 0.3) is 0 Å². The fourth-order valence-corrected chi connectivity index (χ4v) is 3.95. The number of aryl methyl sites for hydroxylation is 1. The molecule has 0 bridgehead atoms. The van der Waals surface area contributed by atoms with Crippen molar-refractivity contribution in [2.24, 2.45) is 5.92 Å². The summed E-state index contributed by atoms with van der Waals surface area (Å²) in [5, 5.41) is 8.12. The van der Waals surface area contributed by atoms with E-state index in [9.17, 15) is 4.79 Å². The van der Waals surface area contributed by atoms with Crippen molar-refractivity contribution in [1.29, 1.82) is 0 Å². The molecule has 3 heterocycles. The minimum atomic E-state index is -0.0159. The monoisotopic (exact) mass is 323 g/mol. The van der Waals surface area contributed by atoms with Crippen LogP contribution in [0.2, 0.25) is 0 Å². The van der Waals surface area contributed by atoms with Crippen molar-refractivity contribution in [3.8, 4) is 0 Å². The van der Waals surface area contributed by atoms with Crippen LogP contribution in [0.5, 0.6) is 0 Å². The summed E-state index contributed by atoms with van der Waals surface area (Å²) in [5.41, 5.74) is 2.53. The van der Waals surface area contributed by atoms with Crippen molar-refractivity contribution >= 4 is 5.91 Å². The van der Waals surface area contributed by atoms with Gasteiger partial charge in [-0.1, -0.05) is 30.3 Å². The third-order valence-corrected chi connectivity index (χ3v) is 5.18. The maximum Gasteiger partial charge on any atom is 0.274 e.